The molecule has 0 saturated heterocycles. The Morgan fingerprint density at radius 3 is 2.73 bits per heavy atom. The van der Waals surface area contributed by atoms with Crippen molar-refractivity contribution in [3.63, 3.8) is 0 Å². The van der Waals surface area contributed by atoms with Crippen LogP contribution in [0, 0.1) is 0 Å². The first-order valence-electron chi connectivity index (χ1n) is 4.60. The van der Waals surface area contributed by atoms with Crippen molar-refractivity contribution in [2.75, 3.05) is 0 Å². The van der Waals surface area contributed by atoms with E-state index >= 15 is 0 Å². The van der Waals surface area contributed by atoms with Crippen molar-refractivity contribution in [2.24, 2.45) is 0 Å². The van der Waals surface area contributed by atoms with Crippen molar-refractivity contribution in [1.29, 1.82) is 0 Å². The van der Waals surface area contributed by atoms with Crippen LogP contribution in [-0.2, 0) is 11.3 Å². The molecule has 15 heavy (non-hydrogen) atoms. The molecule has 0 spiro atoms. The molecule has 0 fully saturated rings. The van der Waals surface area contributed by atoms with Gasteiger partial charge in [-0.15, -0.1) is 0 Å². The Morgan fingerprint density at radius 1 is 1.53 bits per heavy atom. The molecule has 0 bridgehead atoms. The first kappa shape index (κ1) is 11.4. The molecule has 0 aliphatic rings. The zero-order valence-corrected chi connectivity index (χ0v) is 8.30. The third kappa shape index (κ3) is 2.21. The van der Waals surface area contributed by atoms with Gasteiger partial charge in [-0.1, -0.05) is 13.3 Å². The zero-order valence-electron chi connectivity index (χ0n) is 8.30. The molecule has 1 rings (SSSR count). The second kappa shape index (κ2) is 4.70. The summed E-state index contributed by atoms with van der Waals surface area (Å²) in [6.07, 6.45) is 1.05. The highest BCUT2D eigenvalue weighted by Crippen LogP contribution is 2.28. The van der Waals surface area contributed by atoms with Crippen LogP contribution >= 0.6 is 0 Å². The van der Waals surface area contributed by atoms with Crippen LogP contribution in [0.5, 0.6) is 11.8 Å². The highest BCUT2D eigenvalue weighted by atomic mass is 17.1. The first-order chi connectivity index (χ1) is 7.11. The van der Waals surface area contributed by atoms with Gasteiger partial charge in [0.15, 0.2) is 0 Å². The maximum absolute atomic E-state index is 10.9. The number of carbonyl (C=O) groups excluding carboxylic acids is 1. The predicted octanol–water partition coefficient (Wildman–Crippen LogP) is 1.70. The van der Waals surface area contributed by atoms with Crippen LogP contribution in [0.2, 0.25) is 0 Å². The molecule has 0 saturated carbocycles. The number of rotatable bonds is 3. The lowest BCUT2D eigenvalue weighted by atomic mass is 10.1. The van der Waals surface area contributed by atoms with Gasteiger partial charge in [0.1, 0.15) is 0 Å². The van der Waals surface area contributed by atoms with Gasteiger partial charge in [0.05, 0.1) is 0 Å². The summed E-state index contributed by atoms with van der Waals surface area (Å²) in [5, 5.41) is 27.0. The van der Waals surface area contributed by atoms with Gasteiger partial charge in [0.2, 0.25) is 11.8 Å². The fourth-order valence-corrected chi connectivity index (χ4v) is 1.31. The van der Waals surface area contributed by atoms with E-state index in [4.69, 9.17) is 5.26 Å². The smallest absolute Gasteiger partial charge is 0.454 e. The summed E-state index contributed by atoms with van der Waals surface area (Å²) in [5.41, 5.74) is 0.444. The van der Waals surface area contributed by atoms with E-state index in [1.165, 1.54) is 6.07 Å². The Bertz CT molecular complexity index is 358. The second-order valence-electron chi connectivity index (χ2n) is 3.15. The van der Waals surface area contributed by atoms with Gasteiger partial charge in [0, 0.05) is 11.6 Å². The van der Waals surface area contributed by atoms with Crippen molar-refractivity contribution in [3.8, 4) is 11.8 Å². The van der Waals surface area contributed by atoms with Gasteiger partial charge < -0.3 is 10.2 Å². The third-order valence-electron chi connectivity index (χ3n) is 2.09. The summed E-state index contributed by atoms with van der Waals surface area (Å²) in [4.78, 5) is 14.3. The number of hydrogen-bond acceptors (Lipinski definition) is 5. The van der Waals surface area contributed by atoms with E-state index in [2.05, 4.69) is 4.89 Å². The van der Waals surface area contributed by atoms with E-state index in [0.717, 1.165) is 12.8 Å². The van der Waals surface area contributed by atoms with E-state index in [-0.39, 0.29) is 0 Å². The number of nitrogens with zero attached hydrogens (tertiary/aromatic N) is 1. The number of aromatic hydroxyl groups is 2. The summed E-state index contributed by atoms with van der Waals surface area (Å²) < 4.78 is 0.491. The molecule has 1 aromatic rings. The first-order valence-corrected chi connectivity index (χ1v) is 4.60. The number of aryl methyl sites for hydroxylation is 1. The predicted molar refractivity (Wildman–Crippen MR) is 50.9 cm³/mol. The summed E-state index contributed by atoms with van der Waals surface area (Å²) in [7, 11) is 0. The molecule has 0 aromatic carbocycles. The van der Waals surface area contributed by atoms with Gasteiger partial charge in [-0.05, 0) is 12.8 Å². The number of hydrogen-bond donors (Lipinski definition) is 3. The molecule has 1 heterocycles. The summed E-state index contributed by atoms with van der Waals surface area (Å²) in [5.74, 6) is -0.863. The highest BCUT2D eigenvalue weighted by Gasteiger charge is 2.20. The lowest BCUT2D eigenvalue weighted by molar-refractivity contribution is -0.178. The van der Waals surface area contributed by atoms with Crippen molar-refractivity contribution in [1.82, 2.24) is 4.57 Å². The third-order valence-corrected chi connectivity index (χ3v) is 2.09. The molecule has 0 aliphatic heterocycles. The van der Waals surface area contributed by atoms with E-state index in [1.807, 2.05) is 6.92 Å². The largest absolute Gasteiger partial charge is 0.494 e. The average molecular weight is 215 g/mol. The Hall–Kier alpha value is -1.69. The fraction of sp³-hybridized carbons (Fsp3) is 0.444. The second-order valence-corrected chi connectivity index (χ2v) is 3.15. The van der Waals surface area contributed by atoms with Crippen molar-refractivity contribution < 1.29 is 25.2 Å². The Balaban J connectivity index is 2.98. The maximum Gasteiger partial charge on any atom is 0.454 e. The Morgan fingerprint density at radius 2 is 2.20 bits per heavy atom. The Labute approximate surface area is 86.3 Å². The minimum Gasteiger partial charge on any atom is -0.494 e. The van der Waals surface area contributed by atoms with Crippen molar-refractivity contribution in [2.45, 2.75) is 26.2 Å². The van der Waals surface area contributed by atoms with Crippen LogP contribution in [0.15, 0.2) is 6.07 Å². The molecule has 6 heteroatoms. The Kier molecular flexibility index (Phi) is 3.56. The molecule has 3 N–H and O–H groups in total. The molecule has 84 valence electrons. The summed E-state index contributed by atoms with van der Waals surface area (Å²) in [6, 6.07) is 1.27. The molecular weight excluding hydrogens is 202 g/mol. The highest BCUT2D eigenvalue weighted by molar-refractivity contribution is 5.74. The standard InChI is InChI=1S/C9H13NO5/c1-2-3-4-6-5-7(11)10(8(6)12)9(13)15-14/h5,11-12,14H,2-4H2,1H3. The van der Waals surface area contributed by atoms with Crippen molar-refractivity contribution in [3.05, 3.63) is 11.6 Å². The van der Waals surface area contributed by atoms with E-state index in [1.54, 1.807) is 0 Å². The number of carbonyl (C=O) groups is 1. The summed E-state index contributed by atoms with van der Waals surface area (Å²) in [6.45, 7) is 1.98. The number of aromatic nitrogens is 1. The van der Waals surface area contributed by atoms with E-state index in [9.17, 15) is 15.0 Å². The normalized spacial score (nSPS) is 10.3. The lowest BCUT2D eigenvalue weighted by Gasteiger charge is -2.01. The molecule has 0 atom stereocenters. The van der Waals surface area contributed by atoms with Gasteiger partial charge in [0.25, 0.3) is 0 Å². The average Bonchev–Trinajstić information content (AvgIpc) is 2.50. The zero-order chi connectivity index (χ0) is 11.4. The van der Waals surface area contributed by atoms with Gasteiger partial charge in [-0.25, -0.2) is 4.79 Å². The lowest BCUT2D eigenvalue weighted by Crippen LogP contribution is -2.10. The van der Waals surface area contributed by atoms with Crippen LogP contribution in [0.25, 0.3) is 0 Å². The minimum absolute atomic E-state index is 0.403. The minimum atomic E-state index is -1.24. The summed E-state index contributed by atoms with van der Waals surface area (Å²) >= 11 is 0. The van der Waals surface area contributed by atoms with E-state index < -0.39 is 17.9 Å². The van der Waals surface area contributed by atoms with Gasteiger partial charge >= 0.3 is 6.09 Å². The molecule has 6 nitrogen and oxygen atoms in total. The van der Waals surface area contributed by atoms with Crippen LogP contribution < -0.4 is 0 Å². The molecule has 0 aliphatic carbocycles. The maximum atomic E-state index is 10.9. The van der Waals surface area contributed by atoms with Crippen LogP contribution in [0.1, 0.15) is 25.3 Å². The van der Waals surface area contributed by atoms with Crippen LogP contribution in [-0.4, -0.2) is 26.1 Å². The monoisotopic (exact) mass is 215 g/mol. The molecule has 0 unspecified atom stereocenters. The topological polar surface area (TPSA) is 91.9 Å². The molecular formula is C9H13NO5. The quantitative estimate of drug-likeness (QED) is 0.527. The van der Waals surface area contributed by atoms with Gasteiger partial charge in [-0.2, -0.15) is 9.82 Å². The molecule has 0 radical (unpaired) electrons. The van der Waals surface area contributed by atoms with Crippen LogP contribution in [0.4, 0.5) is 4.79 Å². The van der Waals surface area contributed by atoms with Crippen molar-refractivity contribution >= 4 is 6.09 Å². The SMILES string of the molecule is CCCCc1cc(O)n(C(=O)OO)c1O. The number of unbranched alkanes of at least 4 members (excludes halogenated alkanes) is 1. The molecule has 1 aromatic heterocycles. The fourth-order valence-electron chi connectivity index (χ4n) is 1.31. The molecule has 0 amide bonds. The van der Waals surface area contributed by atoms with Crippen LogP contribution in [0.3, 0.4) is 0 Å². The van der Waals surface area contributed by atoms with Gasteiger partial charge in [-0.3, -0.25) is 4.89 Å². The van der Waals surface area contributed by atoms with E-state index in [0.29, 0.717) is 16.6 Å².